The van der Waals surface area contributed by atoms with Crippen LogP contribution in [0, 0.1) is 0 Å². The minimum atomic E-state index is -0.251. The summed E-state index contributed by atoms with van der Waals surface area (Å²) in [6.07, 6.45) is 3.24. The number of benzene rings is 1. The smallest absolute Gasteiger partial charge is 0.277 e. The molecule has 1 amide bonds. The van der Waals surface area contributed by atoms with Crippen molar-refractivity contribution in [3.8, 4) is 17.4 Å². The van der Waals surface area contributed by atoms with Crippen molar-refractivity contribution >= 4 is 35.1 Å². The molecule has 4 aromatic rings. The lowest BCUT2D eigenvalue weighted by atomic mass is 9.92. The number of halogens is 1. The number of hydrogen-bond acceptors (Lipinski definition) is 8. The number of rotatable bonds is 6. The van der Waals surface area contributed by atoms with E-state index in [1.807, 2.05) is 26.8 Å². The van der Waals surface area contributed by atoms with Gasteiger partial charge in [-0.1, -0.05) is 44.1 Å². The monoisotopic (exact) mass is 469 g/mol. The predicted molar refractivity (Wildman–Crippen MR) is 122 cm³/mol. The number of hydrogen-bond donors (Lipinski definition) is 1. The van der Waals surface area contributed by atoms with Crippen molar-refractivity contribution in [2.24, 2.45) is 0 Å². The molecule has 0 aliphatic heterocycles. The van der Waals surface area contributed by atoms with Gasteiger partial charge in [0.2, 0.25) is 11.8 Å². The molecule has 11 heteroatoms. The fourth-order valence-electron chi connectivity index (χ4n) is 2.67. The van der Waals surface area contributed by atoms with Crippen LogP contribution in [0.4, 0.5) is 5.82 Å². The van der Waals surface area contributed by atoms with E-state index in [2.05, 4.69) is 30.6 Å². The van der Waals surface area contributed by atoms with Crippen molar-refractivity contribution in [1.82, 2.24) is 29.9 Å². The van der Waals surface area contributed by atoms with Crippen LogP contribution in [0.3, 0.4) is 0 Å². The molecule has 1 N–H and O–H groups in total. The first kappa shape index (κ1) is 22.0. The van der Waals surface area contributed by atoms with Crippen LogP contribution in [0.15, 0.2) is 58.4 Å². The molecule has 4 rings (SSSR count). The van der Waals surface area contributed by atoms with Crippen LogP contribution in [-0.4, -0.2) is 41.6 Å². The predicted octanol–water partition coefficient (Wildman–Crippen LogP) is 4.39. The number of nitrogens with one attached hydrogen (secondary N) is 1. The molecule has 0 radical (unpaired) electrons. The van der Waals surface area contributed by atoms with Gasteiger partial charge in [0, 0.05) is 34.5 Å². The number of anilines is 1. The lowest BCUT2D eigenvalue weighted by Crippen LogP contribution is -2.17. The molecule has 9 nitrogen and oxygen atoms in total. The Hall–Kier alpha value is -3.24. The first-order valence-corrected chi connectivity index (χ1v) is 11.1. The molecule has 3 aromatic heterocycles. The molecule has 1 aromatic carbocycles. The van der Waals surface area contributed by atoms with E-state index in [1.165, 1.54) is 4.68 Å². The number of carbonyl (C=O) groups excluding carboxylic acids is 1. The molecule has 0 saturated heterocycles. The second kappa shape index (κ2) is 9.09. The van der Waals surface area contributed by atoms with Crippen LogP contribution in [0.1, 0.15) is 26.5 Å². The average Bonchev–Trinajstić information content (AvgIpc) is 3.41. The quantitative estimate of drug-likeness (QED) is 0.413. The van der Waals surface area contributed by atoms with Crippen molar-refractivity contribution in [3.63, 3.8) is 0 Å². The average molecular weight is 470 g/mol. The van der Waals surface area contributed by atoms with E-state index in [0.717, 1.165) is 23.0 Å². The van der Waals surface area contributed by atoms with Crippen molar-refractivity contribution < 1.29 is 9.21 Å². The van der Waals surface area contributed by atoms with Gasteiger partial charge in [-0.15, -0.1) is 10.2 Å². The third-order valence-corrected chi connectivity index (χ3v) is 5.38. The highest BCUT2D eigenvalue weighted by Crippen LogP contribution is 2.27. The van der Waals surface area contributed by atoms with Crippen molar-refractivity contribution in [2.75, 3.05) is 11.1 Å². The maximum absolute atomic E-state index is 12.6. The Labute approximate surface area is 193 Å². The molecule has 0 fully saturated rings. The van der Waals surface area contributed by atoms with Gasteiger partial charge in [-0.3, -0.25) is 4.79 Å². The molecular weight excluding hydrogens is 450 g/mol. The van der Waals surface area contributed by atoms with Gasteiger partial charge < -0.3 is 9.73 Å². The van der Waals surface area contributed by atoms with Crippen molar-refractivity contribution in [3.05, 3.63) is 59.5 Å². The summed E-state index contributed by atoms with van der Waals surface area (Å²) >= 11 is 7.04. The van der Waals surface area contributed by atoms with Gasteiger partial charge in [-0.25, -0.2) is 9.97 Å². The maximum atomic E-state index is 12.6. The van der Waals surface area contributed by atoms with E-state index in [4.69, 9.17) is 16.0 Å². The number of thioether (sulfide) groups is 1. The summed E-state index contributed by atoms with van der Waals surface area (Å²) in [5.41, 5.74) is 1.34. The van der Waals surface area contributed by atoms with Gasteiger partial charge in [0.1, 0.15) is 5.82 Å². The van der Waals surface area contributed by atoms with Gasteiger partial charge in [0.05, 0.1) is 11.4 Å². The minimum absolute atomic E-state index is 0.0773. The van der Waals surface area contributed by atoms with E-state index >= 15 is 0 Å². The summed E-state index contributed by atoms with van der Waals surface area (Å²) in [7, 11) is 0. The Morgan fingerprint density at radius 1 is 1.16 bits per heavy atom. The third kappa shape index (κ3) is 5.14. The standard InChI is InChI=1S/C21H20ClN7O2S/c1-21(2,3)15-11-16(29(28-15)19-23-9-4-10-24-19)25-17(30)12-32-20-27-26-18(31-20)13-5-7-14(22)8-6-13/h4-11H,12H2,1-3H3,(H,25,30). The topological polar surface area (TPSA) is 112 Å². The highest BCUT2D eigenvalue weighted by atomic mass is 35.5. The van der Waals surface area contributed by atoms with E-state index < -0.39 is 0 Å². The SMILES string of the molecule is CC(C)(C)c1cc(NC(=O)CSc2nnc(-c3ccc(Cl)cc3)o2)n(-c2ncccn2)n1. The molecule has 32 heavy (non-hydrogen) atoms. The Morgan fingerprint density at radius 3 is 2.56 bits per heavy atom. The fourth-order valence-corrected chi connectivity index (χ4v) is 3.36. The van der Waals surface area contributed by atoms with Gasteiger partial charge in [-0.05, 0) is 30.3 Å². The fraction of sp³-hybridized carbons (Fsp3) is 0.238. The lowest BCUT2D eigenvalue weighted by molar-refractivity contribution is -0.113. The van der Waals surface area contributed by atoms with Crippen LogP contribution in [-0.2, 0) is 10.2 Å². The highest BCUT2D eigenvalue weighted by molar-refractivity contribution is 7.99. The highest BCUT2D eigenvalue weighted by Gasteiger charge is 2.22. The molecule has 164 valence electrons. The second-order valence-corrected chi connectivity index (χ2v) is 9.21. The molecule has 0 bridgehead atoms. The summed E-state index contributed by atoms with van der Waals surface area (Å²) in [5, 5.41) is 16.4. The van der Waals surface area contributed by atoms with Crippen molar-refractivity contribution in [1.29, 1.82) is 0 Å². The zero-order valence-corrected chi connectivity index (χ0v) is 19.2. The first-order valence-electron chi connectivity index (χ1n) is 9.69. The second-order valence-electron chi connectivity index (χ2n) is 7.84. The van der Waals surface area contributed by atoms with Crippen molar-refractivity contribution in [2.45, 2.75) is 31.4 Å². The lowest BCUT2D eigenvalue weighted by Gasteiger charge is -2.13. The molecule has 3 heterocycles. The number of amides is 1. The summed E-state index contributed by atoms with van der Waals surface area (Å²) in [5.74, 6) is 1.04. The minimum Gasteiger partial charge on any atom is -0.411 e. The van der Waals surface area contributed by atoms with Crippen LogP contribution >= 0.6 is 23.4 Å². The normalized spacial score (nSPS) is 11.5. The summed E-state index contributed by atoms with van der Waals surface area (Å²) in [6, 6.07) is 10.6. The van der Waals surface area contributed by atoms with Crippen LogP contribution in [0.2, 0.25) is 5.02 Å². The molecular formula is C21H20ClN7O2S. The largest absolute Gasteiger partial charge is 0.411 e. The van der Waals surface area contributed by atoms with Gasteiger partial charge in [0.15, 0.2) is 0 Å². The van der Waals surface area contributed by atoms with Crippen LogP contribution < -0.4 is 5.32 Å². The molecule has 0 unspecified atom stereocenters. The first-order chi connectivity index (χ1) is 15.3. The Morgan fingerprint density at radius 2 is 1.88 bits per heavy atom. The van der Waals surface area contributed by atoms with Gasteiger partial charge in [-0.2, -0.15) is 9.78 Å². The number of nitrogens with zero attached hydrogens (tertiary/aromatic N) is 6. The maximum Gasteiger partial charge on any atom is 0.277 e. The number of aromatic nitrogens is 6. The zero-order chi connectivity index (χ0) is 22.7. The summed E-state index contributed by atoms with van der Waals surface area (Å²) < 4.78 is 7.15. The molecule has 0 aliphatic rings. The van der Waals surface area contributed by atoms with E-state index in [0.29, 0.717) is 27.9 Å². The molecule has 0 aliphatic carbocycles. The Kier molecular flexibility index (Phi) is 6.24. The van der Waals surface area contributed by atoms with Crippen LogP contribution in [0.5, 0.6) is 0 Å². The Balaban J connectivity index is 1.45. The van der Waals surface area contributed by atoms with E-state index in [1.54, 1.807) is 42.7 Å². The van der Waals surface area contributed by atoms with E-state index in [9.17, 15) is 4.79 Å². The summed E-state index contributed by atoms with van der Waals surface area (Å²) in [6.45, 7) is 6.13. The summed E-state index contributed by atoms with van der Waals surface area (Å²) in [4.78, 5) is 21.1. The molecule has 0 saturated carbocycles. The van der Waals surface area contributed by atoms with E-state index in [-0.39, 0.29) is 17.1 Å². The molecule has 0 spiro atoms. The number of carbonyl (C=O) groups is 1. The van der Waals surface area contributed by atoms with Gasteiger partial charge in [0.25, 0.3) is 11.2 Å². The van der Waals surface area contributed by atoms with Gasteiger partial charge >= 0.3 is 0 Å². The zero-order valence-electron chi connectivity index (χ0n) is 17.6. The molecule has 0 atom stereocenters. The Bertz CT molecular complexity index is 1220. The third-order valence-electron chi connectivity index (χ3n) is 4.31. The van der Waals surface area contributed by atoms with Crippen LogP contribution in [0.25, 0.3) is 17.4 Å².